The summed E-state index contributed by atoms with van der Waals surface area (Å²) in [5.41, 5.74) is -0.720. The van der Waals surface area contributed by atoms with Crippen LogP contribution < -0.4 is 10.6 Å². The zero-order chi connectivity index (χ0) is 19.1. The van der Waals surface area contributed by atoms with Crippen molar-refractivity contribution in [1.82, 2.24) is 10.2 Å². The molecule has 2 atom stereocenters. The third-order valence-electron chi connectivity index (χ3n) is 5.03. The predicted molar refractivity (Wildman–Crippen MR) is 94.8 cm³/mol. The van der Waals surface area contributed by atoms with Gasteiger partial charge in [-0.1, -0.05) is 26.8 Å². The number of carbonyl (C=O) groups excluding carboxylic acids is 3. The van der Waals surface area contributed by atoms with Crippen LogP contribution in [0.5, 0.6) is 0 Å². The van der Waals surface area contributed by atoms with Crippen LogP contribution in [0.1, 0.15) is 40.0 Å². The third-order valence-corrected chi connectivity index (χ3v) is 5.03. The molecule has 1 aromatic carbocycles. The van der Waals surface area contributed by atoms with E-state index in [9.17, 15) is 18.8 Å². The van der Waals surface area contributed by atoms with Crippen molar-refractivity contribution in [3.63, 3.8) is 0 Å². The first-order valence-electron chi connectivity index (χ1n) is 8.80. The van der Waals surface area contributed by atoms with Crippen molar-refractivity contribution in [3.8, 4) is 0 Å². The van der Waals surface area contributed by atoms with Crippen molar-refractivity contribution in [2.24, 2.45) is 11.3 Å². The summed E-state index contributed by atoms with van der Waals surface area (Å²) >= 11 is 0. The van der Waals surface area contributed by atoms with Crippen LogP contribution in [0.4, 0.5) is 14.9 Å². The Morgan fingerprint density at radius 2 is 2.08 bits per heavy atom. The Hall–Kier alpha value is -2.44. The van der Waals surface area contributed by atoms with E-state index < -0.39 is 29.8 Å². The van der Waals surface area contributed by atoms with E-state index in [1.165, 1.54) is 18.2 Å². The lowest BCUT2D eigenvalue weighted by molar-refractivity contribution is -0.136. The molecule has 3 rings (SSSR count). The number of imide groups is 1. The van der Waals surface area contributed by atoms with Crippen molar-refractivity contribution >= 4 is 23.5 Å². The normalized spacial score (nSPS) is 27.5. The number of nitrogens with one attached hydrogen (secondary N) is 2. The van der Waals surface area contributed by atoms with E-state index in [2.05, 4.69) is 31.4 Å². The maximum Gasteiger partial charge on any atom is 0.325 e. The molecule has 1 heterocycles. The topological polar surface area (TPSA) is 78.5 Å². The Balaban J connectivity index is 1.72. The largest absolute Gasteiger partial charge is 0.325 e. The summed E-state index contributed by atoms with van der Waals surface area (Å²) in [5.74, 6) is -1.07. The summed E-state index contributed by atoms with van der Waals surface area (Å²) in [7, 11) is 0. The maximum absolute atomic E-state index is 13.2. The van der Waals surface area contributed by atoms with Crippen LogP contribution in [0.25, 0.3) is 0 Å². The molecule has 2 fully saturated rings. The van der Waals surface area contributed by atoms with Crippen LogP contribution in [0.3, 0.4) is 0 Å². The van der Waals surface area contributed by atoms with E-state index in [1.54, 1.807) is 6.07 Å². The van der Waals surface area contributed by atoms with E-state index in [-0.39, 0.29) is 17.0 Å². The van der Waals surface area contributed by atoms with Crippen LogP contribution in [0.2, 0.25) is 0 Å². The standard InChI is InChI=1S/C19H24FN3O3/c1-12-8-18(2,3)11-19(9-12)16(25)23(17(26)22-19)10-15(24)21-14-6-4-5-13(20)7-14/h4-7,12H,8-11H2,1-3H3,(H,21,24)(H,22,26)/t12-,19-/m0/s1. The fraction of sp³-hybridized carbons (Fsp3) is 0.526. The van der Waals surface area contributed by atoms with Crippen LogP contribution in [-0.4, -0.2) is 34.8 Å². The molecule has 6 nitrogen and oxygen atoms in total. The van der Waals surface area contributed by atoms with Gasteiger partial charge in [-0.25, -0.2) is 9.18 Å². The molecule has 0 unspecified atom stereocenters. The fourth-order valence-corrected chi connectivity index (χ4v) is 4.56. The number of hydrogen-bond acceptors (Lipinski definition) is 3. The molecule has 4 amide bonds. The monoisotopic (exact) mass is 361 g/mol. The number of hydrogen-bond donors (Lipinski definition) is 2. The second-order valence-electron chi connectivity index (χ2n) is 8.32. The molecule has 1 saturated carbocycles. The van der Waals surface area contributed by atoms with E-state index in [0.29, 0.717) is 18.8 Å². The van der Waals surface area contributed by atoms with Gasteiger partial charge >= 0.3 is 6.03 Å². The van der Waals surface area contributed by atoms with Gasteiger partial charge in [-0.05, 0) is 48.8 Å². The average molecular weight is 361 g/mol. The Bertz CT molecular complexity index is 764. The second kappa shape index (κ2) is 6.37. The van der Waals surface area contributed by atoms with Crippen LogP contribution in [-0.2, 0) is 9.59 Å². The molecule has 1 aliphatic carbocycles. The molecule has 26 heavy (non-hydrogen) atoms. The zero-order valence-electron chi connectivity index (χ0n) is 15.3. The second-order valence-corrected chi connectivity index (χ2v) is 8.32. The summed E-state index contributed by atoms with van der Waals surface area (Å²) in [6.07, 6.45) is 2.11. The highest BCUT2D eigenvalue weighted by atomic mass is 19.1. The minimum Gasteiger partial charge on any atom is -0.324 e. The molecule has 1 aliphatic heterocycles. The summed E-state index contributed by atoms with van der Waals surface area (Å²) < 4.78 is 13.2. The summed E-state index contributed by atoms with van der Waals surface area (Å²) in [5, 5.41) is 5.35. The van der Waals surface area contributed by atoms with Crippen LogP contribution in [0.15, 0.2) is 24.3 Å². The number of urea groups is 1. The lowest BCUT2D eigenvalue weighted by atomic mass is 9.64. The summed E-state index contributed by atoms with van der Waals surface area (Å²) in [4.78, 5) is 38.5. The molecular weight excluding hydrogens is 337 g/mol. The Morgan fingerprint density at radius 1 is 1.35 bits per heavy atom. The van der Waals surface area contributed by atoms with E-state index in [4.69, 9.17) is 0 Å². The van der Waals surface area contributed by atoms with Crippen molar-refractivity contribution in [2.75, 3.05) is 11.9 Å². The minimum atomic E-state index is -0.933. The molecule has 1 spiro atoms. The molecule has 1 aromatic rings. The van der Waals surface area contributed by atoms with Crippen LogP contribution >= 0.6 is 0 Å². The number of amides is 4. The smallest absolute Gasteiger partial charge is 0.324 e. The average Bonchev–Trinajstić information content (AvgIpc) is 2.68. The van der Waals surface area contributed by atoms with Gasteiger partial charge in [0.1, 0.15) is 17.9 Å². The lowest BCUT2D eigenvalue weighted by Gasteiger charge is -2.43. The molecule has 0 bridgehead atoms. The maximum atomic E-state index is 13.2. The quantitative estimate of drug-likeness (QED) is 0.813. The molecule has 140 valence electrons. The molecule has 7 heteroatoms. The van der Waals surface area contributed by atoms with Gasteiger partial charge in [0.05, 0.1) is 0 Å². The molecule has 0 aromatic heterocycles. The first kappa shape index (κ1) is 18.4. The highest BCUT2D eigenvalue weighted by Gasteiger charge is 2.56. The van der Waals surface area contributed by atoms with Crippen molar-refractivity contribution in [1.29, 1.82) is 0 Å². The van der Waals surface area contributed by atoms with Crippen LogP contribution in [0, 0.1) is 17.2 Å². The lowest BCUT2D eigenvalue weighted by Crippen LogP contribution is -2.54. The van der Waals surface area contributed by atoms with Gasteiger partial charge in [-0.15, -0.1) is 0 Å². The van der Waals surface area contributed by atoms with Gasteiger partial charge < -0.3 is 10.6 Å². The van der Waals surface area contributed by atoms with Crippen molar-refractivity contribution < 1.29 is 18.8 Å². The van der Waals surface area contributed by atoms with Gasteiger partial charge in [-0.3, -0.25) is 14.5 Å². The van der Waals surface area contributed by atoms with Gasteiger partial charge in [0.2, 0.25) is 5.91 Å². The Morgan fingerprint density at radius 3 is 2.73 bits per heavy atom. The molecule has 0 radical (unpaired) electrons. The van der Waals surface area contributed by atoms with Gasteiger partial charge in [0, 0.05) is 5.69 Å². The summed E-state index contributed by atoms with van der Waals surface area (Å²) in [6.45, 7) is 5.85. The first-order chi connectivity index (χ1) is 12.1. The Kier molecular flexibility index (Phi) is 4.50. The summed E-state index contributed by atoms with van der Waals surface area (Å²) in [6, 6.07) is 4.91. The number of rotatable bonds is 3. The first-order valence-corrected chi connectivity index (χ1v) is 8.80. The van der Waals surface area contributed by atoms with E-state index in [1.807, 2.05) is 0 Å². The molecule has 2 N–H and O–H groups in total. The highest BCUT2D eigenvalue weighted by Crippen LogP contribution is 2.46. The predicted octanol–water partition coefficient (Wildman–Crippen LogP) is 2.90. The number of halogens is 1. The SMILES string of the molecule is C[C@H]1CC(C)(C)C[C@]2(C1)NC(=O)N(CC(=O)Nc1cccc(F)c1)C2=O. The number of nitrogens with zero attached hydrogens (tertiary/aromatic N) is 1. The minimum absolute atomic E-state index is 0.0690. The Labute approximate surface area is 152 Å². The van der Waals surface area contributed by atoms with Crippen molar-refractivity contribution in [2.45, 2.75) is 45.6 Å². The molecular formula is C19H24FN3O3. The van der Waals surface area contributed by atoms with E-state index in [0.717, 1.165) is 11.3 Å². The number of anilines is 1. The molecule has 2 aliphatic rings. The third kappa shape index (κ3) is 3.57. The number of carbonyl (C=O) groups is 3. The highest BCUT2D eigenvalue weighted by molar-refractivity contribution is 6.10. The van der Waals surface area contributed by atoms with Gasteiger partial charge in [-0.2, -0.15) is 0 Å². The van der Waals surface area contributed by atoms with Gasteiger partial charge in [0.15, 0.2) is 0 Å². The van der Waals surface area contributed by atoms with E-state index >= 15 is 0 Å². The zero-order valence-corrected chi connectivity index (χ0v) is 15.3. The molecule has 1 saturated heterocycles. The van der Waals surface area contributed by atoms with Crippen molar-refractivity contribution in [3.05, 3.63) is 30.1 Å². The van der Waals surface area contributed by atoms with Gasteiger partial charge in [0.25, 0.3) is 5.91 Å². The number of benzene rings is 1. The fourth-order valence-electron chi connectivity index (χ4n) is 4.56.